The molecule has 0 aromatic carbocycles. The smallest absolute Gasteiger partial charge is 0.419 e. The summed E-state index contributed by atoms with van der Waals surface area (Å²) in [6.45, 7) is 3.96. The summed E-state index contributed by atoms with van der Waals surface area (Å²) in [7, 11) is -4.61. The Morgan fingerprint density at radius 2 is 2.09 bits per heavy atom. The summed E-state index contributed by atoms with van der Waals surface area (Å²) < 4.78 is 5.07. The van der Waals surface area contributed by atoms with Crippen molar-refractivity contribution in [2.75, 3.05) is 6.54 Å². The molecule has 0 rings (SSSR count). The molecular formula is C5H17NO3Si2. The number of rotatable bonds is 5. The van der Waals surface area contributed by atoms with E-state index >= 15 is 0 Å². The Kier molecular flexibility index (Phi) is 5.14. The van der Waals surface area contributed by atoms with Gasteiger partial charge < -0.3 is 19.4 Å². The molecule has 0 spiro atoms. The third kappa shape index (κ3) is 8.18. The molecule has 0 amide bonds. The van der Waals surface area contributed by atoms with Crippen molar-refractivity contribution in [1.82, 2.24) is 0 Å². The SMILES string of the molecule is C[SiH](CCCN)O[Si](C)(O)O. The summed E-state index contributed by atoms with van der Waals surface area (Å²) in [5, 5.41) is 0. The van der Waals surface area contributed by atoms with Gasteiger partial charge in [-0.05, 0) is 25.6 Å². The summed E-state index contributed by atoms with van der Waals surface area (Å²) in [6, 6.07) is 0.917. The highest BCUT2D eigenvalue weighted by molar-refractivity contribution is 6.67. The molecule has 0 aromatic rings. The van der Waals surface area contributed by atoms with Crippen molar-refractivity contribution in [3.05, 3.63) is 0 Å². The van der Waals surface area contributed by atoms with Gasteiger partial charge in [-0.25, -0.2) is 0 Å². The van der Waals surface area contributed by atoms with Gasteiger partial charge in [0.15, 0.2) is 9.04 Å². The molecule has 0 saturated heterocycles. The molecule has 11 heavy (non-hydrogen) atoms. The van der Waals surface area contributed by atoms with Crippen LogP contribution >= 0.6 is 0 Å². The molecule has 0 aromatic heterocycles. The van der Waals surface area contributed by atoms with Crippen LogP contribution in [0.25, 0.3) is 0 Å². The standard InChI is InChI=1S/C5H17NO3Si2/c1-10(5-3-4-6)9-11(2,7)8/h7-8,10H,3-6H2,1-2H3. The van der Waals surface area contributed by atoms with Crippen LogP contribution in [-0.2, 0) is 4.12 Å². The van der Waals surface area contributed by atoms with Gasteiger partial charge in [-0.1, -0.05) is 0 Å². The first-order valence-electron chi connectivity index (χ1n) is 3.78. The molecule has 0 bridgehead atoms. The van der Waals surface area contributed by atoms with Gasteiger partial charge in [0.05, 0.1) is 0 Å². The molecule has 4 nitrogen and oxygen atoms in total. The van der Waals surface area contributed by atoms with Gasteiger partial charge in [0.25, 0.3) is 0 Å². The highest BCUT2D eigenvalue weighted by atomic mass is 28.4. The molecule has 1 atom stereocenters. The van der Waals surface area contributed by atoms with Gasteiger partial charge in [-0.15, -0.1) is 0 Å². The first kappa shape index (κ1) is 11.3. The molecule has 0 radical (unpaired) electrons. The number of hydrogen-bond donors (Lipinski definition) is 3. The summed E-state index contributed by atoms with van der Waals surface area (Å²) in [4.78, 5) is 17.9. The Bertz CT molecular complexity index is 106. The minimum absolute atomic E-state index is 0.649. The van der Waals surface area contributed by atoms with Crippen molar-refractivity contribution in [2.24, 2.45) is 5.73 Å². The Hall–Kier alpha value is 0.274. The van der Waals surface area contributed by atoms with E-state index in [1.54, 1.807) is 0 Å². The summed E-state index contributed by atoms with van der Waals surface area (Å²) >= 11 is 0. The van der Waals surface area contributed by atoms with E-state index in [9.17, 15) is 0 Å². The molecule has 0 aliphatic carbocycles. The average molecular weight is 195 g/mol. The van der Waals surface area contributed by atoms with Crippen LogP contribution in [0.3, 0.4) is 0 Å². The van der Waals surface area contributed by atoms with Gasteiger partial charge in [0, 0.05) is 6.55 Å². The Labute approximate surface area is 70.1 Å². The maximum absolute atomic E-state index is 8.96. The lowest BCUT2D eigenvalue weighted by Crippen LogP contribution is -2.40. The van der Waals surface area contributed by atoms with Crippen LogP contribution in [-0.4, -0.2) is 34.0 Å². The van der Waals surface area contributed by atoms with Gasteiger partial charge in [0.2, 0.25) is 0 Å². The lowest BCUT2D eigenvalue weighted by atomic mass is 10.5. The zero-order valence-electron chi connectivity index (χ0n) is 7.08. The molecule has 0 saturated carbocycles. The second kappa shape index (κ2) is 5.01. The molecule has 0 fully saturated rings. The Morgan fingerprint density at radius 3 is 2.45 bits per heavy atom. The van der Waals surface area contributed by atoms with Crippen molar-refractivity contribution in [2.45, 2.75) is 25.6 Å². The quantitative estimate of drug-likeness (QED) is 0.505. The number of nitrogens with two attached hydrogens (primary N) is 1. The van der Waals surface area contributed by atoms with E-state index in [1.165, 1.54) is 6.55 Å². The third-order valence-corrected chi connectivity index (χ3v) is 5.86. The fourth-order valence-corrected chi connectivity index (χ4v) is 5.18. The third-order valence-electron chi connectivity index (χ3n) is 1.24. The first-order chi connectivity index (χ1) is 4.95. The normalized spacial score (nSPS) is 15.0. The van der Waals surface area contributed by atoms with Crippen LogP contribution in [0.1, 0.15) is 6.42 Å². The molecule has 4 N–H and O–H groups in total. The van der Waals surface area contributed by atoms with Crippen molar-refractivity contribution >= 4 is 17.8 Å². The first-order valence-corrected chi connectivity index (χ1v) is 8.53. The predicted molar refractivity (Wildman–Crippen MR) is 48.6 cm³/mol. The Balaban J connectivity index is 3.44. The summed E-state index contributed by atoms with van der Waals surface area (Å²) in [6.07, 6.45) is 0.915. The fraction of sp³-hybridized carbons (Fsp3) is 1.00. The highest BCUT2D eigenvalue weighted by Gasteiger charge is 2.26. The van der Waals surface area contributed by atoms with Crippen LogP contribution in [0.2, 0.25) is 19.1 Å². The zero-order valence-corrected chi connectivity index (χ0v) is 9.23. The van der Waals surface area contributed by atoms with Crippen molar-refractivity contribution in [3.63, 3.8) is 0 Å². The maximum atomic E-state index is 8.96. The van der Waals surface area contributed by atoms with Gasteiger partial charge in [-0.3, -0.25) is 0 Å². The predicted octanol–water partition coefficient (Wildman–Crippen LogP) is -0.741. The van der Waals surface area contributed by atoms with E-state index in [1.807, 2.05) is 6.55 Å². The van der Waals surface area contributed by atoms with Crippen LogP contribution in [0.4, 0.5) is 0 Å². The summed E-state index contributed by atoms with van der Waals surface area (Å²) in [5.74, 6) is 0. The van der Waals surface area contributed by atoms with Crippen LogP contribution in [0, 0.1) is 0 Å². The van der Waals surface area contributed by atoms with Crippen molar-refractivity contribution in [1.29, 1.82) is 0 Å². The van der Waals surface area contributed by atoms with E-state index in [4.69, 9.17) is 19.4 Å². The highest BCUT2D eigenvalue weighted by Crippen LogP contribution is 2.03. The van der Waals surface area contributed by atoms with Crippen molar-refractivity contribution in [3.8, 4) is 0 Å². The van der Waals surface area contributed by atoms with Crippen LogP contribution in [0.5, 0.6) is 0 Å². The average Bonchev–Trinajstić information content (AvgIpc) is 1.79. The minimum atomic E-state index is -3.25. The van der Waals surface area contributed by atoms with Gasteiger partial charge in [0.1, 0.15) is 0 Å². The second-order valence-electron chi connectivity index (χ2n) is 2.79. The van der Waals surface area contributed by atoms with Crippen molar-refractivity contribution < 1.29 is 13.7 Å². The molecular weight excluding hydrogens is 178 g/mol. The molecule has 0 heterocycles. The summed E-state index contributed by atoms with van der Waals surface area (Å²) in [5.41, 5.74) is 5.29. The monoisotopic (exact) mass is 195 g/mol. The van der Waals surface area contributed by atoms with Crippen LogP contribution in [0.15, 0.2) is 0 Å². The van der Waals surface area contributed by atoms with E-state index in [2.05, 4.69) is 0 Å². The molecule has 0 aliphatic heterocycles. The largest absolute Gasteiger partial charge is 0.481 e. The minimum Gasteiger partial charge on any atom is -0.419 e. The molecule has 0 aliphatic rings. The van der Waals surface area contributed by atoms with E-state index in [0.717, 1.165) is 12.5 Å². The second-order valence-corrected chi connectivity index (χ2v) is 7.80. The molecule has 6 heteroatoms. The van der Waals surface area contributed by atoms with E-state index in [-0.39, 0.29) is 0 Å². The zero-order chi connectivity index (χ0) is 8.91. The van der Waals surface area contributed by atoms with Gasteiger partial charge >= 0.3 is 8.80 Å². The fourth-order valence-electron chi connectivity index (χ4n) is 0.845. The van der Waals surface area contributed by atoms with E-state index in [0.29, 0.717) is 6.54 Å². The molecule has 68 valence electrons. The maximum Gasteiger partial charge on any atom is 0.481 e. The van der Waals surface area contributed by atoms with Gasteiger partial charge in [-0.2, -0.15) is 0 Å². The van der Waals surface area contributed by atoms with Crippen LogP contribution < -0.4 is 5.73 Å². The number of hydrogen-bond acceptors (Lipinski definition) is 4. The van der Waals surface area contributed by atoms with E-state index < -0.39 is 17.8 Å². The Morgan fingerprint density at radius 1 is 1.55 bits per heavy atom. The lowest BCUT2D eigenvalue weighted by molar-refractivity contribution is 0.251. The molecule has 1 unspecified atom stereocenters. The topological polar surface area (TPSA) is 75.7 Å². The lowest BCUT2D eigenvalue weighted by Gasteiger charge is -2.18.